The van der Waals surface area contributed by atoms with Gasteiger partial charge in [0.1, 0.15) is 11.6 Å². The molecule has 0 saturated carbocycles. The number of hydrogen-bond donors (Lipinski definition) is 1. The second-order valence-corrected chi connectivity index (χ2v) is 8.75. The van der Waals surface area contributed by atoms with E-state index in [0.717, 1.165) is 11.0 Å². The van der Waals surface area contributed by atoms with E-state index >= 15 is 0 Å². The molecule has 1 amide bonds. The Hall–Kier alpha value is -2.44. The Bertz CT molecular complexity index is 1100. The molecule has 1 aliphatic heterocycles. The number of aromatic hydroxyl groups is 1. The van der Waals surface area contributed by atoms with Gasteiger partial charge in [-0.25, -0.2) is 8.42 Å². The fourth-order valence-electron chi connectivity index (χ4n) is 2.85. The predicted molar refractivity (Wildman–Crippen MR) is 91.0 cm³/mol. The van der Waals surface area contributed by atoms with E-state index < -0.39 is 67.1 Å². The summed E-state index contributed by atoms with van der Waals surface area (Å²) >= 11 is -2.83. The van der Waals surface area contributed by atoms with Gasteiger partial charge in [-0.2, -0.15) is 13.2 Å². The van der Waals surface area contributed by atoms with Crippen LogP contribution in [-0.4, -0.2) is 34.1 Å². The lowest BCUT2D eigenvalue weighted by atomic mass is 10.0. The molecule has 1 heterocycles. The summed E-state index contributed by atoms with van der Waals surface area (Å²) in [6.45, 7) is 0. The summed E-state index contributed by atoms with van der Waals surface area (Å²) in [4.78, 5) is 13.4. The van der Waals surface area contributed by atoms with Crippen LogP contribution in [0.2, 0.25) is 0 Å². The van der Waals surface area contributed by atoms with E-state index in [1.54, 1.807) is 0 Å². The molecular weight excluding hydrogens is 423 g/mol. The number of halogens is 3. The molecule has 0 aromatic heterocycles. The Labute approximate surface area is 159 Å². The number of nitrogens with zero attached hydrogens (tertiary/aromatic N) is 1. The second kappa shape index (κ2) is 6.87. The van der Waals surface area contributed by atoms with Crippen LogP contribution in [0.15, 0.2) is 41.3 Å². The van der Waals surface area contributed by atoms with Gasteiger partial charge in [-0.1, -0.05) is 23.2 Å². The summed E-state index contributed by atoms with van der Waals surface area (Å²) in [5.74, 6) is -4.10. The first-order chi connectivity index (χ1) is 12.9. The van der Waals surface area contributed by atoms with Crippen molar-refractivity contribution in [2.75, 3.05) is 10.8 Å². The molecule has 3 rings (SSSR count). The lowest BCUT2D eigenvalue weighted by Crippen LogP contribution is -2.30. The number of para-hydroxylation sites is 1. The highest BCUT2D eigenvalue weighted by Gasteiger charge is 2.39. The number of phenolic OH excluding ortho intramolecular Hbond substituents is 1. The first-order valence-electron chi connectivity index (χ1n) is 7.54. The summed E-state index contributed by atoms with van der Waals surface area (Å²) in [5, 5.41) is 9.77. The minimum Gasteiger partial charge on any atom is -0.772 e. The number of amides is 1. The molecule has 1 aliphatic rings. The molecule has 0 saturated heterocycles. The van der Waals surface area contributed by atoms with E-state index in [1.165, 1.54) is 24.3 Å². The fraction of sp³-hybridized carbons (Fsp3) is 0.188. The van der Waals surface area contributed by atoms with Crippen molar-refractivity contribution in [3.63, 3.8) is 0 Å². The standard InChI is InChI=1S/C16H12F3NO6S2/c17-16(18,19)11-6-9(5-10(14(11)21)7-27(23)24)15(22)20-8-28(25,26)13-4-2-1-3-12(13)20/h1-6,21H,7-8H2,(H,23,24)/p-1. The van der Waals surface area contributed by atoms with E-state index in [4.69, 9.17) is 0 Å². The average Bonchev–Trinajstić information content (AvgIpc) is 2.86. The molecule has 0 spiro atoms. The quantitative estimate of drug-likeness (QED) is 0.741. The monoisotopic (exact) mass is 434 g/mol. The highest BCUT2D eigenvalue weighted by molar-refractivity contribution is 7.92. The summed E-state index contributed by atoms with van der Waals surface area (Å²) < 4.78 is 85.8. The summed E-state index contributed by atoms with van der Waals surface area (Å²) in [6.07, 6.45) is -5.06. The summed E-state index contributed by atoms with van der Waals surface area (Å²) in [7, 11) is -3.85. The van der Waals surface area contributed by atoms with Crippen molar-refractivity contribution in [2.24, 2.45) is 0 Å². The van der Waals surface area contributed by atoms with Crippen molar-refractivity contribution in [1.29, 1.82) is 0 Å². The van der Waals surface area contributed by atoms with E-state index in [9.17, 15) is 40.3 Å². The molecule has 2 aromatic carbocycles. The number of fused-ring (bicyclic) bond motifs is 1. The third-order valence-corrected chi connectivity index (χ3v) is 6.21. The number of phenols is 1. The maximum Gasteiger partial charge on any atom is 0.419 e. The average molecular weight is 434 g/mol. The van der Waals surface area contributed by atoms with Crippen LogP contribution >= 0.6 is 0 Å². The van der Waals surface area contributed by atoms with Gasteiger partial charge in [0.15, 0.2) is 9.84 Å². The van der Waals surface area contributed by atoms with Crippen molar-refractivity contribution in [2.45, 2.75) is 16.8 Å². The van der Waals surface area contributed by atoms with Crippen LogP contribution < -0.4 is 4.90 Å². The zero-order valence-electron chi connectivity index (χ0n) is 13.8. The molecule has 0 aliphatic carbocycles. The van der Waals surface area contributed by atoms with Gasteiger partial charge >= 0.3 is 6.18 Å². The van der Waals surface area contributed by atoms with Crippen LogP contribution in [0.25, 0.3) is 0 Å². The van der Waals surface area contributed by atoms with Gasteiger partial charge in [-0.05, 0) is 24.3 Å². The largest absolute Gasteiger partial charge is 0.772 e. The molecule has 2 aromatic rings. The number of alkyl halides is 3. The number of anilines is 1. The van der Waals surface area contributed by atoms with Crippen molar-refractivity contribution < 1.29 is 40.3 Å². The third kappa shape index (κ3) is 3.62. The van der Waals surface area contributed by atoms with Gasteiger partial charge in [-0.3, -0.25) is 13.9 Å². The van der Waals surface area contributed by atoms with E-state index in [0.29, 0.717) is 6.07 Å². The SMILES string of the molecule is O=C(c1cc(CS(=O)[O-])c(O)c(C(F)(F)F)c1)N1CS(=O)(=O)c2ccccc21. The van der Waals surface area contributed by atoms with E-state index in [1.807, 2.05) is 0 Å². The summed E-state index contributed by atoms with van der Waals surface area (Å²) in [5.41, 5.74) is -2.81. The van der Waals surface area contributed by atoms with Crippen LogP contribution in [0.5, 0.6) is 5.75 Å². The van der Waals surface area contributed by atoms with Gasteiger partial charge in [0, 0.05) is 16.9 Å². The van der Waals surface area contributed by atoms with E-state index in [2.05, 4.69) is 0 Å². The number of hydrogen-bond acceptors (Lipinski definition) is 6. The maximum atomic E-state index is 13.2. The highest BCUT2D eigenvalue weighted by Crippen LogP contribution is 2.40. The normalized spacial score (nSPS) is 16.6. The zero-order chi connectivity index (χ0) is 20.9. The first-order valence-corrected chi connectivity index (χ1v) is 10.4. The smallest absolute Gasteiger partial charge is 0.419 e. The van der Waals surface area contributed by atoms with Gasteiger partial charge in [0.2, 0.25) is 0 Å². The second-order valence-electron chi connectivity index (χ2n) is 5.92. The molecule has 1 N–H and O–H groups in total. The summed E-state index contributed by atoms with van der Waals surface area (Å²) in [6, 6.07) is 6.66. The van der Waals surface area contributed by atoms with Crippen LogP contribution in [0.3, 0.4) is 0 Å². The Morgan fingerprint density at radius 1 is 1.25 bits per heavy atom. The number of carbonyl (C=O) groups excluding carboxylic acids is 1. The minimum absolute atomic E-state index is 0.00286. The van der Waals surface area contributed by atoms with Gasteiger partial charge < -0.3 is 9.66 Å². The van der Waals surface area contributed by atoms with Crippen LogP contribution in [-0.2, 0) is 32.8 Å². The van der Waals surface area contributed by atoms with Gasteiger partial charge in [0.05, 0.1) is 16.1 Å². The molecule has 150 valence electrons. The molecule has 28 heavy (non-hydrogen) atoms. The molecular formula is C16H11F3NO6S2-. The van der Waals surface area contributed by atoms with Crippen LogP contribution in [0, 0.1) is 0 Å². The van der Waals surface area contributed by atoms with Crippen molar-refractivity contribution in [1.82, 2.24) is 0 Å². The van der Waals surface area contributed by atoms with Crippen LogP contribution in [0.4, 0.5) is 18.9 Å². The van der Waals surface area contributed by atoms with Crippen molar-refractivity contribution in [3.8, 4) is 5.75 Å². The Balaban J connectivity index is 2.14. The molecule has 12 heteroatoms. The third-order valence-electron chi connectivity index (χ3n) is 4.05. The zero-order valence-corrected chi connectivity index (χ0v) is 15.4. The van der Waals surface area contributed by atoms with E-state index in [-0.39, 0.29) is 10.6 Å². The molecule has 1 atom stereocenters. The predicted octanol–water partition coefficient (Wildman–Crippen LogP) is 2.18. The number of rotatable bonds is 3. The first kappa shape index (κ1) is 20.3. The number of sulfone groups is 1. The fourth-order valence-corrected chi connectivity index (χ4v) is 4.84. The van der Waals surface area contributed by atoms with Crippen molar-refractivity contribution in [3.05, 3.63) is 53.1 Å². The number of benzene rings is 2. The van der Waals surface area contributed by atoms with Crippen molar-refractivity contribution >= 4 is 32.5 Å². The Kier molecular flexibility index (Phi) is 4.98. The van der Waals surface area contributed by atoms with Crippen LogP contribution in [0.1, 0.15) is 21.5 Å². The molecule has 0 radical (unpaired) electrons. The number of carbonyl (C=O) groups is 1. The lowest BCUT2D eigenvalue weighted by Gasteiger charge is -2.19. The topological polar surface area (TPSA) is 115 Å². The molecule has 7 nitrogen and oxygen atoms in total. The molecule has 1 unspecified atom stereocenters. The van der Waals surface area contributed by atoms with Gasteiger partial charge in [-0.15, -0.1) is 0 Å². The lowest BCUT2D eigenvalue weighted by molar-refractivity contribution is -0.138. The molecule has 0 fully saturated rings. The maximum absolute atomic E-state index is 13.2. The Morgan fingerprint density at radius 2 is 1.89 bits per heavy atom. The minimum atomic E-state index is -5.06. The highest BCUT2D eigenvalue weighted by atomic mass is 32.2. The Morgan fingerprint density at radius 3 is 2.50 bits per heavy atom. The van der Waals surface area contributed by atoms with Gasteiger partial charge in [0.25, 0.3) is 5.91 Å². The molecule has 0 bridgehead atoms.